The van der Waals surface area contributed by atoms with Crippen LogP contribution >= 0.6 is 0 Å². The van der Waals surface area contributed by atoms with E-state index in [1.54, 1.807) is 0 Å². The highest BCUT2D eigenvalue weighted by Gasteiger charge is 2.38. The zero-order chi connectivity index (χ0) is 36.9. The van der Waals surface area contributed by atoms with Gasteiger partial charge in [-0.15, -0.1) is 0 Å². The van der Waals surface area contributed by atoms with Gasteiger partial charge in [0.15, 0.2) is 0 Å². The summed E-state index contributed by atoms with van der Waals surface area (Å²) in [5.41, 5.74) is 15.2. The number of benzene rings is 7. The first kappa shape index (κ1) is 33.3. The Morgan fingerprint density at radius 3 is 1.45 bits per heavy atom. The van der Waals surface area contributed by atoms with Crippen molar-refractivity contribution in [3.05, 3.63) is 168 Å². The summed E-state index contributed by atoms with van der Waals surface area (Å²) in [5, 5.41) is 5.11. The molecular formula is C51H48N2. The molecule has 0 bridgehead atoms. The van der Waals surface area contributed by atoms with Gasteiger partial charge in [-0.2, -0.15) is 0 Å². The van der Waals surface area contributed by atoms with Crippen LogP contribution in [0.5, 0.6) is 0 Å². The van der Waals surface area contributed by atoms with Crippen LogP contribution in [0.15, 0.2) is 146 Å². The summed E-state index contributed by atoms with van der Waals surface area (Å²) in [4.78, 5) is 2.48. The van der Waals surface area contributed by atoms with E-state index in [0.717, 1.165) is 11.4 Å². The van der Waals surface area contributed by atoms with Crippen LogP contribution in [0.1, 0.15) is 77.6 Å². The normalized spacial score (nSPS) is 13.8. The van der Waals surface area contributed by atoms with Crippen LogP contribution in [-0.4, -0.2) is 4.57 Å². The summed E-state index contributed by atoms with van der Waals surface area (Å²) in [6.45, 7) is 18.5. The van der Waals surface area contributed by atoms with Gasteiger partial charge in [-0.25, -0.2) is 0 Å². The van der Waals surface area contributed by atoms with Crippen molar-refractivity contribution in [1.29, 1.82) is 0 Å². The highest BCUT2D eigenvalue weighted by Crippen LogP contribution is 2.55. The second-order valence-electron chi connectivity index (χ2n) is 17.5. The van der Waals surface area contributed by atoms with E-state index in [1.807, 2.05) is 0 Å². The first-order valence-electron chi connectivity index (χ1n) is 19.0. The van der Waals surface area contributed by atoms with Gasteiger partial charge in [-0.1, -0.05) is 146 Å². The first-order valence-corrected chi connectivity index (χ1v) is 19.0. The van der Waals surface area contributed by atoms with Crippen molar-refractivity contribution >= 4 is 49.6 Å². The highest BCUT2D eigenvalue weighted by atomic mass is 15.1. The second-order valence-corrected chi connectivity index (χ2v) is 17.5. The molecule has 1 heterocycles. The number of anilines is 3. The van der Waals surface area contributed by atoms with Crippen LogP contribution in [0, 0.1) is 0 Å². The van der Waals surface area contributed by atoms with Gasteiger partial charge in [0, 0.05) is 38.6 Å². The Hall–Kier alpha value is -5.60. The molecule has 2 nitrogen and oxygen atoms in total. The van der Waals surface area contributed by atoms with E-state index in [1.165, 1.54) is 77.3 Å². The minimum Gasteiger partial charge on any atom is -0.310 e. The molecule has 0 unspecified atom stereocenters. The molecule has 0 aliphatic heterocycles. The van der Waals surface area contributed by atoms with Crippen molar-refractivity contribution in [1.82, 2.24) is 4.57 Å². The van der Waals surface area contributed by atoms with Crippen LogP contribution in [0.3, 0.4) is 0 Å². The molecule has 262 valence electrons. The van der Waals surface area contributed by atoms with Gasteiger partial charge in [-0.3, -0.25) is 0 Å². The van der Waals surface area contributed by atoms with Gasteiger partial charge in [0.25, 0.3) is 0 Å². The van der Waals surface area contributed by atoms with Crippen LogP contribution in [0.25, 0.3) is 49.4 Å². The molecule has 7 aromatic carbocycles. The van der Waals surface area contributed by atoms with Gasteiger partial charge in [0.05, 0.1) is 16.7 Å². The zero-order valence-corrected chi connectivity index (χ0v) is 32.3. The molecule has 0 amide bonds. The van der Waals surface area contributed by atoms with E-state index >= 15 is 0 Å². The molecule has 53 heavy (non-hydrogen) atoms. The van der Waals surface area contributed by atoms with E-state index in [4.69, 9.17) is 0 Å². The number of hydrogen-bond acceptors (Lipinski definition) is 1. The summed E-state index contributed by atoms with van der Waals surface area (Å²) in [5.74, 6) is 0. The fourth-order valence-electron chi connectivity index (χ4n) is 8.72. The number of fused-ring (bicyclic) bond motifs is 8. The Morgan fingerprint density at radius 2 is 0.943 bits per heavy atom. The van der Waals surface area contributed by atoms with Crippen molar-refractivity contribution in [2.24, 2.45) is 0 Å². The van der Waals surface area contributed by atoms with E-state index in [2.05, 4.69) is 210 Å². The van der Waals surface area contributed by atoms with Gasteiger partial charge < -0.3 is 9.47 Å². The topological polar surface area (TPSA) is 8.17 Å². The molecule has 0 radical (unpaired) electrons. The summed E-state index contributed by atoms with van der Waals surface area (Å²) in [6, 6.07) is 54.7. The lowest BCUT2D eigenvalue weighted by atomic mass is 9.81. The van der Waals surface area contributed by atoms with Gasteiger partial charge in [-0.05, 0) is 104 Å². The smallest absolute Gasteiger partial charge is 0.0543 e. The number of hydrogen-bond donors (Lipinski definition) is 0. The summed E-state index contributed by atoms with van der Waals surface area (Å²) in [7, 11) is 0. The van der Waals surface area contributed by atoms with Crippen molar-refractivity contribution in [3.8, 4) is 16.8 Å². The number of nitrogens with zero attached hydrogens (tertiary/aromatic N) is 2. The lowest BCUT2D eigenvalue weighted by Crippen LogP contribution is -2.18. The number of para-hydroxylation sites is 2. The molecule has 0 atom stereocenters. The van der Waals surface area contributed by atoms with Gasteiger partial charge >= 0.3 is 0 Å². The third-order valence-corrected chi connectivity index (χ3v) is 11.7. The van der Waals surface area contributed by atoms with E-state index in [9.17, 15) is 0 Å². The molecule has 2 heteroatoms. The second kappa shape index (κ2) is 11.7. The molecule has 9 rings (SSSR count). The Bertz CT molecular complexity index is 2580. The molecule has 0 N–H and O–H groups in total. The van der Waals surface area contributed by atoms with E-state index < -0.39 is 0 Å². The van der Waals surface area contributed by atoms with Crippen LogP contribution < -0.4 is 4.90 Å². The van der Waals surface area contributed by atoms with E-state index in [-0.39, 0.29) is 16.2 Å². The quantitative estimate of drug-likeness (QED) is 0.179. The van der Waals surface area contributed by atoms with Crippen molar-refractivity contribution < 1.29 is 0 Å². The van der Waals surface area contributed by atoms with Gasteiger partial charge in [0.2, 0.25) is 0 Å². The minimum absolute atomic E-state index is 0.0753. The molecule has 1 aromatic heterocycles. The third-order valence-electron chi connectivity index (χ3n) is 11.7. The van der Waals surface area contributed by atoms with Crippen LogP contribution in [-0.2, 0) is 16.2 Å². The predicted molar refractivity (Wildman–Crippen MR) is 228 cm³/mol. The molecular weight excluding hydrogens is 641 g/mol. The summed E-state index contributed by atoms with van der Waals surface area (Å²) >= 11 is 0. The third kappa shape index (κ3) is 5.22. The molecule has 0 saturated carbocycles. The fourth-order valence-corrected chi connectivity index (χ4v) is 8.72. The molecule has 8 aromatic rings. The first-order chi connectivity index (χ1) is 25.3. The van der Waals surface area contributed by atoms with E-state index in [0.29, 0.717) is 0 Å². The maximum absolute atomic E-state index is 2.49. The Labute approximate surface area is 314 Å². The number of aromatic nitrogens is 1. The lowest BCUT2D eigenvalue weighted by Gasteiger charge is -2.31. The maximum atomic E-state index is 2.49. The monoisotopic (exact) mass is 688 g/mol. The highest BCUT2D eigenvalue weighted by molar-refractivity contribution is 6.11. The Kier molecular flexibility index (Phi) is 7.34. The predicted octanol–water partition coefficient (Wildman–Crippen LogP) is 14.3. The standard InChI is InChI=1S/C51H48N2/c1-49(2,3)33-21-25-35(26-22-33)52(36-27-23-34(24-28-36)50(4,5)6)47-32-44-48(41-18-10-9-17-40(41)47)42-30-29-37(31-43(42)51(44,7)8)53-45-19-13-11-15-38(45)39-16-12-14-20-46(39)53/h9-32H,1-8H3. The Morgan fingerprint density at radius 1 is 0.472 bits per heavy atom. The number of rotatable bonds is 4. The molecule has 1 aliphatic carbocycles. The van der Waals surface area contributed by atoms with Crippen LogP contribution in [0.2, 0.25) is 0 Å². The molecule has 1 aliphatic rings. The molecule has 0 saturated heterocycles. The fraction of sp³-hybridized carbons (Fsp3) is 0.216. The lowest BCUT2D eigenvalue weighted by molar-refractivity contribution is 0.590. The Balaban J connectivity index is 1.26. The zero-order valence-electron chi connectivity index (χ0n) is 32.3. The minimum atomic E-state index is -0.226. The average molecular weight is 689 g/mol. The molecule has 0 fully saturated rings. The van der Waals surface area contributed by atoms with Crippen LogP contribution in [0.4, 0.5) is 17.1 Å². The van der Waals surface area contributed by atoms with Gasteiger partial charge in [0.1, 0.15) is 0 Å². The SMILES string of the molecule is CC(C)(C)c1ccc(N(c2ccc(C(C)(C)C)cc2)c2cc3c(c4ccccc24)-c2ccc(-n4c5ccccc5c5ccccc54)cc2C3(C)C)cc1. The summed E-state index contributed by atoms with van der Waals surface area (Å²) < 4.78 is 2.44. The van der Waals surface area contributed by atoms with Crippen molar-refractivity contribution in [2.45, 2.75) is 71.6 Å². The maximum Gasteiger partial charge on any atom is 0.0543 e. The summed E-state index contributed by atoms with van der Waals surface area (Å²) in [6.07, 6.45) is 0. The molecule has 0 spiro atoms. The van der Waals surface area contributed by atoms with Crippen molar-refractivity contribution in [3.63, 3.8) is 0 Å². The largest absolute Gasteiger partial charge is 0.310 e. The van der Waals surface area contributed by atoms with Crippen molar-refractivity contribution in [2.75, 3.05) is 4.90 Å². The average Bonchev–Trinajstić information content (AvgIpc) is 3.60.